The second kappa shape index (κ2) is 8.82. The molecule has 0 saturated heterocycles. The van der Waals surface area contributed by atoms with E-state index in [2.05, 4.69) is 30.5 Å². The van der Waals surface area contributed by atoms with Gasteiger partial charge in [-0.2, -0.15) is 4.68 Å². The summed E-state index contributed by atoms with van der Waals surface area (Å²) in [6.07, 6.45) is 3.81. The number of rotatable bonds is 5. The Bertz CT molecular complexity index is 1670. The van der Waals surface area contributed by atoms with Gasteiger partial charge in [-0.1, -0.05) is 0 Å². The van der Waals surface area contributed by atoms with E-state index < -0.39 is 6.09 Å². The Balaban J connectivity index is 1.32. The monoisotopic (exact) mass is 495 g/mol. The predicted octanol–water partition coefficient (Wildman–Crippen LogP) is 2.58. The van der Waals surface area contributed by atoms with E-state index in [4.69, 9.17) is 10.5 Å². The molecule has 0 radical (unpaired) electrons. The van der Waals surface area contributed by atoms with Crippen LogP contribution in [-0.4, -0.2) is 45.8 Å². The Kier molecular flexibility index (Phi) is 5.33. The summed E-state index contributed by atoms with van der Waals surface area (Å²) in [5.74, 6) is 1.05. The fourth-order valence-electron chi connectivity index (χ4n) is 4.68. The first-order chi connectivity index (χ1) is 18.0. The molecule has 4 aromatic heterocycles. The number of hydrogen-bond donors (Lipinski definition) is 2. The molecule has 0 unspecified atom stereocenters. The van der Waals surface area contributed by atoms with Crippen molar-refractivity contribution in [3.05, 3.63) is 88.6 Å². The molecule has 1 atom stereocenters. The molecule has 0 saturated carbocycles. The maximum absolute atomic E-state index is 13.4. The van der Waals surface area contributed by atoms with Gasteiger partial charge in [-0.3, -0.25) is 9.78 Å². The molecule has 3 N–H and O–H groups in total. The third-order valence-corrected chi connectivity index (χ3v) is 6.31. The van der Waals surface area contributed by atoms with Crippen molar-refractivity contribution in [2.45, 2.75) is 25.8 Å². The van der Waals surface area contributed by atoms with Crippen molar-refractivity contribution in [1.82, 2.24) is 39.7 Å². The maximum Gasteiger partial charge on any atom is 0.409 e. The van der Waals surface area contributed by atoms with Crippen molar-refractivity contribution in [2.24, 2.45) is 5.73 Å². The van der Waals surface area contributed by atoms with Crippen LogP contribution in [0.25, 0.3) is 28.2 Å². The van der Waals surface area contributed by atoms with Crippen molar-refractivity contribution in [3.63, 3.8) is 0 Å². The molecule has 6 rings (SSSR count). The number of nitrogens with two attached hydrogens (primary N) is 1. The second-order valence-corrected chi connectivity index (χ2v) is 8.70. The lowest BCUT2D eigenvalue weighted by Crippen LogP contribution is -2.24. The number of nitrogens with zero attached hydrogens (tertiary/aromatic N) is 7. The summed E-state index contributed by atoms with van der Waals surface area (Å²) in [4.78, 5) is 36.9. The minimum Gasteiger partial charge on any atom is -0.411 e. The van der Waals surface area contributed by atoms with Gasteiger partial charge in [0.25, 0.3) is 5.56 Å². The number of tetrazole rings is 1. The van der Waals surface area contributed by atoms with E-state index in [0.29, 0.717) is 28.5 Å². The van der Waals surface area contributed by atoms with Gasteiger partial charge in [0.1, 0.15) is 17.9 Å². The van der Waals surface area contributed by atoms with Crippen LogP contribution >= 0.6 is 0 Å². The van der Waals surface area contributed by atoms with Crippen LogP contribution in [0.4, 0.5) is 4.79 Å². The summed E-state index contributed by atoms with van der Waals surface area (Å²) in [7, 11) is 0. The number of ether oxygens (including phenoxy) is 1. The van der Waals surface area contributed by atoms with Crippen LogP contribution in [0.15, 0.2) is 65.8 Å². The van der Waals surface area contributed by atoms with Crippen molar-refractivity contribution < 1.29 is 9.53 Å². The lowest BCUT2D eigenvalue weighted by Gasteiger charge is -2.14. The van der Waals surface area contributed by atoms with Crippen molar-refractivity contribution in [3.8, 4) is 34.0 Å². The molecule has 5 aromatic rings. The number of aromatic nitrogens is 8. The molecule has 37 heavy (non-hydrogen) atoms. The van der Waals surface area contributed by atoms with Gasteiger partial charge in [-0.25, -0.2) is 9.78 Å². The van der Waals surface area contributed by atoms with Gasteiger partial charge in [0.05, 0.1) is 29.3 Å². The minimum atomic E-state index is -0.866. The first-order valence-electron chi connectivity index (χ1n) is 11.6. The predicted molar refractivity (Wildman–Crippen MR) is 132 cm³/mol. The molecule has 0 bridgehead atoms. The molecule has 1 amide bonds. The van der Waals surface area contributed by atoms with E-state index in [9.17, 15) is 9.59 Å². The fraction of sp³-hybridized carbons (Fsp3) is 0.160. The number of amides is 1. The molecule has 1 aromatic carbocycles. The summed E-state index contributed by atoms with van der Waals surface area (Å²) in [5.41, 5.74) is 10.3. The van der Waals surface area contributed by atoms with E-state index in [-0.39, 0.29) is 11.6 Å². The van der Waals surface area contributed by atoms with E-state index in [0.717, 1.165) is 35.5 Å². The molecule has 184 valence electrons. The van der Waals surface area contributed by atoms with Crippen LogP contribution in [0.2, 0.25) is 0 Å². The van der Waals surface area contributed by atoms with Crippen molar-refractivity contribution in [1.29, 1.82) is 0 Å². The smallest absolute Gasteiger partial charge is 0.409 e. The Morgan fingerprint density at radius 1 is 1.14 bits per heavy atom. The summed E-state index contributed by atoms with van der Waals surface area (Å²) < 4.78 is 8.19. The summed E-state index contributed by atoms with van der Waals surface area (Å²) in [5, 5.41) is 11.4. The molecular weight excluding hydrogens is 474 g/mol. The number of fused-ring (bicyclic) bond motifs is 1. The van der Waals surface area contributed by atoms with E-state index in [1.807, 2.05) is 25.1 Å². The molecule has 12 heteroatoms. The number of pyridine rings is 2. The van der Waals surface area contributed by atoms with Crippen LogP contribution in [-0.2, 0) is 6.42 Å². The zero-order valence-electron chi connectivity index (χ0n) is 19.7. The largest absolute Gasteiger partial charge is 0.411 e. The Labute approximate surface area is 209 Å². The topological polar surface area (TPSA) is 159 Å². The summed E-state index contributed by atoms with van der Waals surface area (Å²) in [6.45, 7) is 1.90. The van der Waals surface area contributed by atoms with Gasteiger partial charge in [-0.05, 0) is 78.2 Å². The third kappa shape index (κ3) is 4.14. The van der Waals surface area contributed by atoms with E-state index in [1.54, 1.807) is 41.1 Å². The Morgan fingerprint density at radius 3 is 2.73 bits per heavy atom. The number of carbonyl (C=O) groups is 1. The fourth-order valence-corrected chi connectivity index (χ4v) is 4.68. The van der Waals surface area contributed by atoms with Gasteiger partial charge >= 0.3 is 6.09 Å². The van der Waals surface area contributed by atoms with Gasteiger partial charge in [-0.15, -0.1) is 5.10 Å². The van der Waals surface area contributed by atoms with Crippen molar-refractivity contribution >= 4 is 6.09 Å². The van der Waals surface area contributed by atoms with Gasteiger partial charge in [0, 0.05) is 23.0 Å². The summed E-state index contributed by atoms with van der Waals surface area (Å²) in [6, 6.07) is 14.0. The molecule has 0 spiro atoms. The normalized spacial score (nSPS) is 14.5. The number of aromatic amines is 1. The number of H-pyrrole nitrogens is 1. The highest BCUT2D eigenvalue weighted by atomic mass is 16.5. The number of imidazole rings is 1. The quantitative estimate of drug-likeness (QED) is 0.376. The zero-order chi connectivity index (χ0) is 25.5. The standard InChI is InChI=1S/C25H21N9O3/c1-14-2-8-20(33-13-28-31-32-33)23(29-14)16-10-17-5-9-21(34(17)22(35)11-16)24-27-12-19(30-24)15-3-6-18(7-4-15)37-25(26)36/h2-4,6-8,10-13,21H,5,9H2,1H3,(H2,26,36)(H,27,30)/t21-/m0/s1. The number of carbonyl (C=O) groups excluding carboxylic acids is 1. The number of hydrogen-bond acceptors (Lipinski definition) is 8. The molecule has 1 aliphatic rings. The molecular formula is C25H21N9O3. The Morgan fingerprint density at radius 2 is 1.97 bits per heavy atom. The van der Waals surface area contributed by atoms with Gasteiger partial charge in [0.2, 0.25) is 0 Å². The highest BCUT2D eigenvalue weighted by Crippen LogP contribution is 2.33. The minimum absolute atomic E-state index is 0.133. The van der Waals surface area contributed by atoms with Crippen LogP contribution in [0.3, 0.4) is 0 Å². The average molecular weight is 496 g/mol. The maximum atomic E-state index is 13.4. The number of nitrogens with one attached hydrogen (secondary N) is 1. The first-order valence-corrected chi connectivity index (χ1v) is 11.6. The number of benzene rings is 1. The third-order valence-electron chi connectivity index (χ3n) is 6.31. The molecule has 1 aliphatic heterocycles. The van der Waals surface area contributed by atoms with Crippen LogP contribution in [0, 0.1) is 6.92 Å². The number of aryl methyl sites for hydroxylation is 2. The lowest BCUT2D eigenvalue weighted by atomic mass is 10.1. The zero-order valence-corrected chi connectivity index (χ0v) is 19.7. The first kappa shape index (κ1) is 22.3. The van der Waals surface area contributed by atoms with Crippen LogP contribution in [0.1, 0.15) is 29.7 Å². The second-order valence-electron chi connectivity index (χ2n) is 8.70. The van der Waals surface area contributed by atoms with Crippen LogP contribution < -0.4 is 16.0 Å². The van der Waals surface area contributed by atoms with Gasteiger partial charge < -0.3 is 20.0 Å². The van der Waals surface area contributed by atoms with Crippen LogP contribution in [0.5, 0.6) is 5.75 Å². The van der Waals surface area contributed by atoms with E-state index >= 15 is 0 Å². The van der Waals surface area contributed by atoms with E-state index in [1.165, 1.54) is 11.0 Å². The molecule has 0 fully saturated rings. The molecule has 0 aliphatic carbocycles. The summed E-state index contributed by atoms with van der Waals surface area (Å²) >= 11 is 0. The Hall–Kier alpha value is -5.13. The highest BCUT2D eigenvalue weighted by Gasteiger charge is 2.28. The molecule has 5 heterocycles. The average Bonchev–Trinajstić information content (AvgIpc) is 3.65. The lowest BCUT2D eigenvalue weighted by molar-refractivity contribution is 0.211. The van der Waals surface area contributed by atoms with Gasteiger partial charge in [0.15, 0.2) is 0 Å². The number of primary amides is 1. The molecule has 12 nitrogen and oxygen atoms in total. The van der Waals surface area contributed by atoms with Crippen molar-refractivity contribution in [2.75, 3.05) is 0 Å². The highest BCUT2D eigenvalue weighted by molar-refractivity contribution is 5.70. The SMILES string of the molecule is Cc1ccc(-n2cnnn2)c(-c2cc3n(c(=O)c2)[C@H](c2ncc(-c4ccc(OC(N)=O)cc4)[nH]2)CC3)n1.